The first-order chi connectivity index (χ1) is 14.8. The van der Waals surface area contributed by atoms with Gasteiger partial charge in [0.2, 0.25) is 5.91 Å². The van der Waals surface area contributed by atoms with Gasteiger partial charge in [0.25, 0.3) is 5.91 Å². The van der Waals surface area contributed by atoms with E-state index in [9.17, 15) is 14.7 Å². The number of anilines is 3. The molecule has 0 aromatic heterocycles. The number of nitrogens with zero attached hydrogens (tertiary/aromatic N) is 3. The number of benzene rings is 2. The van der Waals surface area contributed by atoms with E-state index >= 15 is 0 Å². The summed E-state index contributed by atoms with van der Waals surface area (Å²) < 4.78 is 0. The van der Waals surface area contributed by atoms with Gasteiger partial charge >= 0.3 is 0 Å². The van der Waals surface area contributed by atoms with Crippen LogP contribution in [0.15, 0.2) is 42.5 Å². The van der Waals surface area contributed by atoms with Crippen LogP contribution in [0.2, 0.25) is 5.02 Å². The van der Waals surface area contributed by atoms with Gasteiger partial charge in [-0.15, -0.1) is 0 Å². The van der Waals surface area contributed by atoms with Crippen molar-refractivity contribution >= 4 is 40.5 Å². The maximum Gasteiger partial charge on any atom is 0.257 e. The van der Waals surface area contributed by atoms with E-state index in [1.54, 1.807) is 59.3 Å². The summed E-state index contributed by atoms with van der Waals surface area (Å²) in [6.07, 6.45) is -0.566. The highest BCUT2D eigenvalue weighted by molar-refractivity contribution is 6.31. The number of aliphatic hydroxyl groups is 1. The summed E-state index contributed by atoms with van der Waals surface area (Å²) in [4.78, 5) is 31.6. The fourth-order valence-electron chi connectivity index (χ4n) is 3.82. The van der Waals surface area contributed by atoms with Crippen molar-refractivity contribution in [1.82, 2.24) is 9.80 Å². The Labute approximate surface area is 188 Å². The number of rotatable bonds is 8. The van der Waals surface area contributed by atoms with Crippen molar-refractivity contribution in [3.8, 4) is 0 Å². The highest BCUT2D eigenvalue weighted by Gasteiger charge is 2.30. The van der Waals surface area contributed by atoms with Crippen molar-refractivity contribution in [2.45, 2.75) is 20.0 Å². The molecule has 0 saturated carbocycles. The monoisotopic (exact) mass is 444 g/mol. The van der Waals surface area contributed by atoms with Crippen molar-refractivity contribution in [3.63, 3.8) is 0 Å². The van der Waals surface area contributed by atoms with Crippen LogP contribution in [0.5, 0.6) is 0 Å². The van der Waals surface area contributed by atoms with Crippen molar-refractivity contribution in [2.24, 2.45) is 0 Å². The van der Waals surface area contributed by atoms with Gasteiger partial charge in [-0.2, -0.15) is 0 Å². The standard InChI is InChI=1S/C23H29ClN4O3/c1-4-27(5-2)14-17(29)13-26(3)15-22(30)28-20-9-7-6-8-18(20)23(31)25-19-12-16(24)10-11-21(19)28/h6-12,17,29H,4-5,13-15H2,1-3H3,(H,25,31). The molecule has 2 N–H and O–H groups in total. The fourth-order valence-corrected chi connectivity index (χ4v) is 3.99. The molecule has 2 amide bonds. The second-order valence-electron chi connectivity index (χ2n) is 7.70. The van der Waals surface area contributed by atoms with Gasteiger partial charge < -0.3 is 15.3 Å². The lowest BCUT2D eigenvalue weighted by Gasteiger charge is -2.28. The molecule has 1 atom stereocenters. The first-order valence-electron chi connectivity index (χ1n) is 10.5. The number of carbonyl (C=O) groups is 2. The lowest BCUT2D eigenvalue weighted by Crippen LogP contribution is -2.43. The molecular weight excluding hydrogens is 416 g/mol. The first kappa shape index (κ1) is 23.2. The summed E-state index contributed by atoms with van der Waals surface area (Å²) in [7, 11) is 1.80. The number of hydrogen-bond acceptors (Lipinski definition) is 5. The Bertz CT molecular complexity index is 948. The molecule has 0 bridgehead atoms. The second-order valence-corrected chi connectivity index (χ2v) is 8.13. The van der Waals surface area contributed by atoms with Crippen molar-refractivity contribution in [2.75, 3.05) is 50.0 Å². The molecule has 1 unspecified atom stereocenters. The first-order valence-corrected chi connectivity index (χ1v) is 10.8. The Morgan fingerprint density at radius 3 is 2.55 bits per heavy atom. The minimum atomic E-state index is -0.566. The second kappa shape index (κ2) is 10.2. The summed E-state index contributed by atoms with van der Waals surface area (Å²) >= 11 is 6.13. The van der Waals surface area contributed by atoms with Gasteiger partial charge in [-0.25, -0.2) is 0 Å². The van der Waals surface area contributed by atoms with Crippen LogP contribution < -0.4 is 10.2 Å². The molecule has 31 heavy (non-hydrogen) atoms. The minimum Gasteiger partial charge on any atom is -0.390 e. The Balaban J connectivity index is 1.85. The maximum atomic E-state index is 13.4. The predicted octanol–water partition coefficient (Wildman–Crippen LogP) is 3.20. The lowest BCUT2D eigenvalue weighted by molar-refractivity contribution is -0.119. The molecule has 1 aliphatic heterocycles. The van der Waals surface area contributed by atoms with Gasteiger partial charge in [0, 0.05) is 18.1 Å². The van der Waals surface area contributed by atoms with Gasteiger partial charge in [-0.3, -0.25) is 19.4 Å². The number of fused-ring (bicyclic) bond motifs is 2. The number of likely N-dealkylation sites (N-methyl/N-ethyl adjacent to an activating group) is 2. The van der Waals surface area contributed by atoms with Crippen molar-refractivity contribution in [1.29, 1.82) is 0 Å². The van der Waals surface area contributed by atoms with Crippen molar-refractivity contribution < 1.29 is 14.7 Å². The quantitative estimate of drug-likeness (QED) is 0.653. The number of hydrogen-bond donors (Lipinski definition) is 2. The van der Waals surface area contributed by atoms with E-state index in [2.05, 4.69) is 24.1 Å². The average molecular weight is 445 g/mol. The SMILES string of the molecule is CCN(CC)CC(O)CN(C)CC(=O)N1c2ccc(Cl)cc2NC(=O)c2ccccc21. The molecule has 3 rings (SSSR count). The molecule has 0 fully saturated rings. The van der Waals surface area contributed by atoms with Crippen LogP contribution in [0.25, 0.3) is 0 Å². The summed E-state index contributed by atoms with van der Waals surface area (Å²) in [5.74, 6) is -0.498. The van der Waals surface area contributed by atoms with Gasteiger partial charge in [-0.05, 0) is 50.5 Å². The summed E-state index contributed by atoms with van der Waals surface area (Å²) in [5.41, 5.74) is 1.96. The topological polar surface area (TPSA) is 76.1 Å². The van der Waals surface area contributed by atoms with E-state index in [-0.39, 0.29) is 18.4 Å². The minimum absolute atomic E-state index is 0.0832. The lowest BCUT2D eigenvalue weighted by atomic mass is 10.1. The molecule has 0 spiro atoms. The maximum absolute atomic E-state index is 13.4. The summed E-state index contributed by atoms with van der Waals surface area (Å²) in [6, 6.07) is 12.1. The fraction of sp³-hybridized carbons (Fsp3) is 0.391. The molecule has 0 radical (unpaired) electrons. The summed E-state index contributed by atoms with van der Waals surface area (Å²) in [5, 5.41) is 13.7. The van der Waals surface area contributed by atoms with Gasteiger partial charge in [0.05, 0.1) is 35.3 Å². The molecule has 166 valence electrons. The molecule has 0 saturated heterocycles. The van der Waals surface area contributed by atoms with Crippen molar-refractivity contribution in [3.05, 3.63) is 53.1 Å². The van der Waals surface area contributed by atoms with E-state index in [0.717, 1.165) is 13.1 Å². The Morgan fingerprint density at radius 1 is 1.13 bits per heavy atom. The number of carbonyl (C=O) groups excluding carboxylic acids is 2. The molecule has 1 aliphatic rings. The van der Waals surface area contributed by atoms with E-state index in [1.165, 1.54) is 0 Å². The van der Waals surface area contributed by atoms with Crippen LogP contribution in [-0.4, -0.2) is 72.6 Å². The summed E-state index contributed by atoms with van der Waals surface area (Å²) in [6.45, 7) is 6.83. The molecule has 8 heteroatoms. The van der Waals surface area contributed by atoms with E-state index in [4.69, 9.17) is 11.6 Å². The van der Waals surface area contributed by atoms with Crippen LogP contribution in [0.4, 0.5) is 17.1 Å². The molecule has 2 aromatic rings. The normalized spacial score (nSPS) is 14.2. The van der Waals surface area contributed by atoms with Gasteiger partial charge in [0.1, 0.15) is 0 Å². The van der Waals surface area contributed by atoms with Crippen LogP contribution >= 0.6 is 11.6 Å². The molecule has 1 heterocycles. The zero-order chi connectivity index (χ0) is 22.5. The molecule has 0 aliphatic carbocycles. The zero-order valence-corrected chi connectivity index (χ0v) is 18.9. The number of amides is 2. The Kier molecular flexibility index (Phi) is 7.67. The Hall–Kier alpha value is -2.45. The van der Waals surface area contributed by atoms with E-state index in [0.29, 0.717) is 40.7 Å². The van der Waals surface area contributed by atoms with Crippen LogP contribution in [-0.2, 0) is 4.79 Å². The number of nitrogens with one attached hydrogen (secondary N) is 1. The average Bonchev–Trinajstić information content (AvgIpc) is 2.85. The highest BCUT2D eigenvalue weighted by Crippen LogP contribution is 2.39. The van der Waals surface area contributed by atoms with E-state index < -0.39 is 6.10 Å². The molecular formula is C23H29ClN4O3. The third kappa shape index (κ3) is 5.43. The third-order valence-corrected chi connectivity index (χ3v) is 5.61. The highest BCUT2D eigenvalue weighted by atomic mass is 35.5. The van der Waals surface area contributed by atoms with Crippen LogP contribution in [0, 0.1) is 0 Å². The smallest absolute Gasteiger partial charge is 0.257 e. The van der Waals surface area contributed by atoms with Gasteiger partial charge in [0.15, 0.2) is 0 Å². The Morgan fingerprint density at radius 2 is 1.84 bits per heavy atom. The van der Waals surface area contributed by atoms with E-state index in [1.807, 2.05) is 0 Å². The molecule has 7 nitrogen and oxygen atoms in total. The number of para-hydroxylation sites is 1. The number of halogens is 1. The third-order valence-electron chi connectivity index (χ3n) is 5.38. The molecule has 2 aromatic carbocycles. The zero-order valence-electron chi connectivity index (χ0n) is 18.1. The largest absolute Gasteiger partial charge is 0.390 e. The van der Waals surface area contributed by atoms with Crippen LogP contribution in [0.3, 0.4) is 0 Å². The van der Waals surface area contributed by atoms with Gasteiger partial charge in [-0.1, -0.05) is 37.6 Å². The predicted molar refractivity (Wildman–Crippen MR) is 124 cm³/mol. The number of aliphatic hydroxyl groups excluding tert-OH is 1. The van der Waals surface area contributed by atoms with Crippen LogP contribution in [0.1, 0.15) is 24.2 Å².